The summed E-state index contributed by atoms with van der Waals surface area (Å²) in [7, 11) is 1.72. The van der Waals surface area contributed by atoms with E-state index in [0.29, 0.717) is 12.5 Å². The highest BCUT2D eigenvalue weighted by molar-refractivity contribution is 6.04. The maximum Gasteiger partial charge on any atom is 0.119 e. The zero-order valence-corrected chi connectivity index (χ0v) is 18.6. The second kappa shape index (κ2) is 10.3. The first-order chi connectivity index (χ1) is 14.8. The quantitative estimate of drug-likeness (QED) is 0.304. The average Bonchev–Trinajstić information content (AvgIpc) is 3.34. The van der Waals surface area contributed by atoms with Crippen molar-refractivity contribution in [2.45, 2.75) is 64.3 Å². The maximum absolute atomic E-state index is 5.80. The molecule has 0 spiro atoms. The predicted octanol–water partition coefficient (Wildman–Crippen LogP) is 6.02. The van der Waals surface area contributed by atoms with E-state index in [1.165, 1.54) is 61.4 Å². The minimum Gasteiger partial charge on any atom is -0.497 e. The van der Waals surface area contributed by atoms with Crippen LogP contribution in [0.25, 0.3) is 10.8 Å². The summed E-state index contributed by atoms with van der Waals surface area (Å²) in [4.78, 5) is 8.53. The molecule has 1 atom stereocenters. The van der Waals surface area contributed by atoms with Gasteiger partial charge in [0.2, 0.25) is 0 Å². The van der Waals surface area contributed by atoms with E-state index in [9.17, 15) is 0 Å². The van der Waals surface area contributed by atoms with Crippen LogP contribution in [0.4, 0.5) is 0 Å². The van der Waals surface area contributed by atoms with Crippen LogP contribution in [0.3, 0.4) is 0 Å². The summed E-state index contributed by atoms with van der Waals surface area (Å²) in [6.45, 7) is 5.24. The van der Waals surface area contributed by atoms with Gasteiger partial charge in [0.1, 0.15) is 12.4 Å². The van der Waals surface area contributed by atoms with E-state index in [0.717, 1.165) is 36.9 Å². The Morgan fingerprint density at radius 3 is 2.63 bits per heavy atom. The highest BCUT2D eigenvalue weighted by atomic mass is 16.6. The normalized spacial score (nSPS) is 21.3. The van der Waals surface area contributed by atoms with Crippen molar-refractivity contribution in [3.63, 3.8) is 0 Å². The molecule has 4 heteroatoms. The van der Waals surface area contributed by atoms with Crippen molar-refractivity contribution in [1.29, 1.82) is 0 Å². The molecule has 1 saturated heterocycles. The molecule has 1 aliphatic heterocycles. The van der Waals surface area contributed by atoms with Crippen LogP contribution in [-0.2, 0) is 4.84 Å². The molecule has 1 heterocycles. The lowest BCUT2D eigenvalue weighted by Crippen LogP contribution is -2.43. The van der Waals surface area contributed by atoms with Crippen molar-refractivity contribution in [1.82, 2.24) is 4.90 Å². The number of methoxy groups -OCH3 is 1. The van der Waals surface area contributed by atoms with Crippen LogP contribution in [0, 0.1) is 5.92 Å². The minimum absolute atomic E-state index is 0.441. The Bertz CT molecular complexity index is 857. The molecule has 2 aromatic carbocycles. The van der Waals surface area contributed by atoms with Gasteiger partial charge in [-0.3, -0.25) is 4.90 Å². The first-order valence-electron chi connectivity index (χ1n) is 11.8. The van der Waals surface area contributed by atoms with Crippen LogP contribution >= 0.6 is 0 Å². The Morgan fingerprint density at radius 2 is 1.83 bits per heavy atom. The highest BCUT2D eigenvalue weighted by Crippen LogP contribution is 2.30. The lowest BCUT2D eigenvalue weighted by atomic mass is 9.87. The summed E-state index contributed by atoms with van der Waals surface area (Å²) in [5.41, 5.74) is 2.33. The monoisotopic (exact) mass is 408 g/mol. The molecule has 4 nitrogen and oxygen atoms in total. The minimum atomic E-state index is 0.441. The Hall–Kier alpha value is -2.07. The predicted molar refractivity (Wildman–Crippen MR) is 124 cm³/mol. The van der Waals surface area contributed by atoms with E-state index >= 15 is 0 Å². The van der Waals surface area contributed by atoms with Gasteiger partial charge in [-0.05, 0) is 67.6 Å². The van der Waals surface area contributed by atoms with Crippen molar-refractivity contribution < 1.29 is 9.57 Å². The van der Waals surface area contributed by atoms with E-state index in [1.807, 2.05) is 6.07 Å². The fourth-order valence-corrected chi connectivity index (χ4v) is 5.03. The van der Waals surface area contributed by atoms with Crippen LogP contribution in [0.1, 0.15) is 63.9 Å². The number of hydrogen-bond donors (Lipinski definition) is 0. The molecule has 162 valence electrons. The fraction of sp³-hybridized carbons (Fsp3) is 0.577. The largest absolute Gasteiger partial charge is 0.497 e. The molecule has 1 saturated carbocycles. The van der Waals surface area contributed by atoms with Gasteiger partial charge < -0.3 is 9.57 Å². The van der Waals surface area contributed by atoms with Crippen LogP contribution in [0.2, 0.25) is 0 Å². The lowest BCUT2D eigenvalue weighted by molar-refractivity contribution is 0.128. The molecule has 0 amide bonds. The third kappa shape index (κ3) is 4.97. The Morgan fingerprint density at radius 1 is 1.03 bits per heavy atom. The SMILES string of the molecule is CCCCO/N=C(/c1ccc2cc(OC)ccc2c1)C1CCCN(C2CCCC2)C1. The van der Waals surface area contributed by atoms with Crippen LogP contribution < -0.4 is 4.74 Å². The Kier molecular flexibility index (Phi) is 7.27. The molecule has 4 rings (SSSR count). The summed E-state index contributed by atoms with van der Waals surface area (Å²) in [6.07, 6.45) is 10.1. The number of piperidine rings is 1. The van der Waals surface area contributed by atoms with Gasteiger partial charge in [0.15, 0.2) is 0 Å². The molecular formula is C26H36N2O2. The van der Waals surface area contributed by atoms with E-state index < -0.39 is 0 Å². The number of unbranched alkanes of at least 4 members (excludes halogenated alkanes) is 1. The third-order valence-electron chi connectivity index (χ3n) is 6.78. The van der Waals surface area contributed by atoms with Crippen molar-refractivity contribution >= 4 is 16.5 Å². The number of benzene rings is 2. The summed E-state index contributed by atoms with van der Waals surface area (Å²) in [6, 6.07) is 13.7. The zero-order chi connectivity index (χ0) is 20.8. The number of rotatable bonds is 8. The van der Waals surface area contributed by atoms with Gasteiger partial charge >= 0.3 is 0 Å². The Labute approximate surface area is 181 Å². The third-order valence-corrected chi connectivity index (χ3v) is 6.78. The number of hydrogen-bond acceptors (Lipinski definition) is 4. The van der Waals surface area contributed by atoms with Gasteiger partial charge in [0.05, 0.1) is 12.8 Å². The van der Waals surface area contributed by atoms with Gasteiger partial charge in [0, 0.05) is 24.1 Å². The first-order valence-corrected chi connectivity index (χ1v) is 11.8. The summed E-state index contributed by atoms with van der Waals surface area (Å²) in [5.74, 6) is 1.34. The van der Waals surface area contributed by atoms with Crippen molar-refractivity contribution in [2.75, 3.05) is 26.8 Å². The molecule has 2 aromatic rings. The second-order valence-electron chi connectivity index (χ2n) is 8.86. The van der Waals surface area contributed by atoms with E-state index in [-0.39, 0.29) is 0 Å². The van der Waals surface area contributed by atoms with Gasteiger partial charge in [0.25, 0.3) is 0 Å². The van der Waals surface area contributed by atoms with E-state index in [1.54, 1.807) is 7.11 Å². The molecule has 1 unspecified atom stereocenters. The van der Waals surface area contributed by atoms with Crippen LogP contribution in [-0.4, -0.2) is 43.5 Å². The molecule has 0 radical (unpaired) electrons. The molecule has 0 aromatic heterocycles. The number of likely N-dealkylation sites (tertiary alicyclic amines) is 1. The molecule has 1 aliphatic carbocycles. The second-order valence-corrected chi connectivity index (χ2v) is 8.86. The summed E-state index contributed by atoms with van der Waals surface area (Å²) < 4.78 is 5.38. The zero-order valence-electron chi connectivity index (χ0n) is 18.6. The molecule has 2 aliphatic rings. The van der Waals surface area contributed by atoms with Crippen molar-refractivity contribution in [3.8, 4) is 5.75 Å². The standard InChI is InChI=1S/C26H36N2O2/c1-3-4-16-30-27-26(23-8-7-15-28(19-23)24-9-5-6-10-24)22-12-11-21-18-25(29-2)14-13-20(21)17-22/h11-14,17-18,23-24H,3-10,15-16,19H2,1-2H3/b27-26-. The summed E-state index contributed by atoms with van der Waals surface area (Å²) >= 11 is 0. The van der Waals surface area contributed by atoms with Crippen LogP contribution in [0.5, 0.6) is 5.75 Å². The number of ether oxygens (including phenoxy) is 1. The molecule has 0 N–H and O–H groups in total. The molecular weight excluding hydrogens is 372 g/mol. The van der Waals surface area contributed by atoms with Gasteiger partial charge in [-0.15, -0.1) is 0 Å². The van der Waals surface area contributed by atoms with Gasteiger partial charge in [-0.1, -0.05) is 49.5 Å². The highest BCUT2D eigenvalue weighted by Gasteiger charge is 2.31. The fourth-order valence-electron chi connectivity index (χ4n) is 5.03. The molecule has 0 bridgehead atoms. The van der Waals surface area contributed by atoms with Crippen LogP contribution in [0.15, 0.2) is 41.6 Å². The van der Waals surface area contributed by atoms with Gasteiger partial charge in [-0.2, -0.15) is 0 Å². The lowest BCUT2D eigenvalue weighted by Gasteiger charge is -2.37. The van der Waals surface area contributed by atoms with Gasteiger partial charge in [-0.25, -0.2) is 0 Å². The van der Waals surface area contributed by atoms with Crippen molar-refractivity contribution in [3.05, 3.63) is 42.0 Å². The Balaban J connectivity index is 1.59. The summed E-state index contributed by atoms with van der Waals surface area (Å²) in [5, 5.41) is 7.14. The number of fused-ring (bicyclic) bond motifs is 1. The first kappa shape index (κ1) is 21.2. The van der Waals surface area contributed by atoms with Crippen molar-refractivity contribution in [2.24, 2.45) is 11.1 Å². The molecule has 30 heavy (non-hydrogen) atoms. The topological polar surface area (TPSA) is 34.1 Å². The van der Waals surface area contributed by atoms with E-state index in [4.69, 9.17) is 14.7 Å². The van der Waals surface area contributed by atoms with E-state index in [2.05, 4.69) is 42.2 Å². The smallest absolute Gasteiger partial charge is 0.119 e. The average molecular weight is 409 g/mol. The number of nitrogens with zero attached hydrogens (tertiary/aromatic N) is 2. The maximum atomic E-state index is 5.80. The molecule has 2 fully saturated rings. The number of oxime groups is 1.